The number of nitrogen functional groups attached to an aromatic ring is 1. The van der Waals surface area contributed by atoms with Crippen LogP contribution in [0.4, 0.5) is 5.69 Å². The first-order chi connectivity index (χ1) is 7.68. The first-order valence-corrected chi connectivity index (χ1v) is 6.07. The topological polar surface area (TPSA) is 76.2 Å². The quantitative estimate of drug-likeness (QED) is 0.821. The molecule has 82 valence electrons. The highest BCUT2D eigenvalue weighted by atomic mass is 32.2. The first-order valence-electron chi connectivity index (χ1n) is 4.37. The highest BCUT2D eigenvalue weighted by molar-refractivity contribution is 8.01. The lowest BCUT2D eigenvalue weighted by Crippen LogP contribution is -2.03. The fraction of sp³-hybridized carbons (Fsp3) is 0. The molecular weight excluding hydrogens is 244 g/mol. The van der Waals surface area contributed by atoms with Crippen molar-refractivity contribution in [1.82, 2.24) is 4.98 Å². The van der Waals surface area contributed by atoms with Crippen molar-refractivity contribution in [2.24, 2.45) is 0 Å². The number of nitrogens with two attached hydrogens (primary N) is 1. The molecule has 0 aliphatic heterocycles. The number of aromatic carboxylic acids is 1. The maximum Gasteiger partial charge on any atom is 0.337 e. The Kier molecular flexibility index (Phi) is 3.12. The van der Waals surface area contributed by atoms with E-state index in [1.807, 2.05) is 5.38 Å². The molecule has 2 rings (SSSR count). The van der Waals surface area contributed by atoms with E-state index in [-0.39, 0.29) is 11.3 Å². The monoisotopic (exact) mass is 252 g/mol. The summed E-state index contributed by atoms with van der Waals surface area (Å²) in [6.45, 7) is 0. The summed E-state index contributed by atoms with van der Waals surface area (Å²) < 4.78 is 0.842. The highest BCUT2D eigenvalue weighted by Gasteiger charge is 2.12. The van der Waals surface area contributed by atoms with Gasteiger partial charge >= 0.3 is 5.97 Å². The number of para-hydroxylation sites is 1. The molecule has 1 aromatic heterocycles. The van der Waals surface area contributed by atoms with Crippen molar-refractivity contribution >= 4 is 34.8 Å². The van der Waals surface area contributed by atoms with Crippen LogP contribution in [-0.4, -0.2) is 16.1 Å². The molecule has 1 aromatic carbocycles. The van der Waals surface area contributed by atoms with Crippen LogP contribution in [0.1, 0.15) is 10.4 Å². The van der Waals surface area contributed by atoms with Crippen LogP contribution in [0.2, 0.25) is 0 Å². The minimum absolute atomic E-state index is 0.126. The third-order valence-corrected chi connectivity index (χ3v) is 3.86. The molecule has 16 heavy (non-hydrogen) atoms. The Morgan fingerprint density at radius 1 is 1.50 bits per heavy atom. The number of thiazole rings is 1. The minimum Gasteiger partial charge on any atom is -0.478 e. The van der Waals surface area contributed by atoms with Gasteiger partial charge in [-0.1, -0.05) is 17.8 Å². The SMILES string of the molecule is Nc1c(Sc2nccs2)cccc1C(=O)O. The zero-order valence-electron chi connectivity index (χ0n) is 8.08. The molecule has 2 aromatic rings. The van der Waals surface area contributed by atoms with Gasteiger partial charge in [-0.25, -0.2) is 9.78 Å². The van der Waals surface area contributed by atoms with E-state index in [0.29, 0.717) is 0 Å². The van der Waals surface area contributed by atoms with E-state index in [4.69, 9.17) is 10.8 Å². The van der Waals surface area contributed by atoms with Gasteiger partial charge in [-0.15, -0.1) is 11.3 Å². The van der Waals surface area contributed by atoms with Crippen molar-refractivity contribution in [3.63, 3.8) is 0 Å². The van der Waals surface area contributed by atoms with Crippen molar-refractivity contribution in [2.75, 3.05) is 5.73 Å². The second kappa shape index (κ2) is 4.54. The lowest BCUT2D eigenvalue weighted by atomic mass is 10.2. The molecule has 0 bridgehead atoms. The molecule has 0 amide bonds. The number of nitrogens with zero attached hydrogens (tertiary/aromatic N) is 1. The summed E-state index contributed by atoms with van der Waals surface area (Å²) in [5, 5.41) is 10.8. The van der Waals surface area contributed by atoms with Crippen LogP contribution in [0.3, 0.4) is 0 Å². The van der Waals surface area contributed by atoms with Crippen LogP contribution in [0.5, 0.6) is 0 Å². The lowest BCUT2D eigenvalue weighted by Gasteiger charge is -2.05. The van der Waals surface area contributed by atoms with Gasteiger partial charge in [-0.2, -0.15) is 0 Å². The third-order valence-electron chi connectivity index (χ3n) is 1.90. The Morgan fingerprint density at radius 3 is 2.94 bits per heavy atom. The number of rotatable bonds is 3. The predicted octanol–water partition coefficient (Wildman–Crippen LogP) is 2.57. The van der Waals surface area contributed by atoms with Gasteiger partial charge in [0.1, 0.15) is 0 Å². The van der Waals surface area contributed by atoms with Gasteiger partial charge in [0.25, 0.3) is 0 Å². The summed E-state index contributed by atoms with van der Waals surface area (Å²) in [7, 11) is 0. The summed E-state index contributed by atoms with van der Waals surface area (Å²) in [5.74, 6) is -1.01. The van der Waals surface area contributed by atoms with Gasteiger partial charge in [-0.05, 0) is 12.1 Å². The van der Waals surface area contributed by atoms with Gasteiger partial charge < -0.3 is 10.8 Å². The van der Waals surface area contributed by atoms with Crippen molar-refractivity contribution in [3.8, 4) is 0 Å². The average molecular weight is 252 g/mol. The molecule has 1 heterocycles. The Labute approximate surface area is 100 Å². The molecule has 4 nitrogen and oxygen atoms in total. The van der Waals surface area contributed by atoms with Gasteiger partial charge in [0, 0.05) is 16.5 Å². The van der Waals surface area contributed by atoms with Gasteiger partial charge in [0.05, 0.1) is 11.3 Å². The Bertz CT molecular complexity index is 512. The molecular formula is C10H8N2O2S2. The molecule has 0 fully saturated rings. The molecule has 0 saturated heterocycles. The first kappa shape index (κ1) is 11.0. The lowest BCUT2D eigenvalue weighted by molar-refractivity contribution is 0.0698. The van der Waals surface area contributed by atoms with Gasteiger partial charge in [-0.3, -0.25) is 0 Å². The van der Waals surface area contributed by atoms with Crippen LogP contribution >= 0.6 is 23.1 Å². The van der Waals surface area contributed by atoms with Crippen molar-refractivity contribution in [3.05, 3.63) is 35.3 Å². The van der Waals surface area contributed by atoms with E-state index in [2.05, 4.69) is 4.98 Å². The molecule has 0 unspecified atom stereocenters. The molecule has 0 radical (unpaired) electrons. The molecule has 6 heteroatoms. The number of hydrogen-bond acceptors (Lipinski definition) is 5. The van der Waals surface area contributed by atoms with Crippen LogP contribution in [0.15, 0.2) is 39.0 Å². The van der Waals surface area contributed by atoms with E-state index >= 15 is 0 Å². The van der Waals surface area contributed by atoms with E-state index in [1.54, 1.807) is 18.3 Å². The second-order valence-corrected chi connectivity index (χ2v) is 5.11. The van der Waals surface area contributed by atoms with Crippen LogP contribution < -0.4 is 5.73 Å². The smallest absolute Gasteiger partial charge is 0.337 e. The summed E-state index contributed by atoms with van der Waals surface area (Å²) >= 11 is 2.86. The van der Waals surface area contributed by atoms with E-state index in [0.717, 1.165) is 9.24 Å². The fourth-order valence-electron chi connectivity index (χ4n) is 1.17. The Balaban J connectivity index is 2.35. The highest BCUT2D eigenvalue weighted by Crippen LogP contribution is 2.34. The number of benzene rings is 1. The van der Waals surface area contributed by atoms with E-state index < -0.39 is 5.97 Å². The largest absolute Gasteiger partial charge is 0.478 e. The second-order valence-electron chi connectivity index (χ2n) is 2.92. The fourth-order valence-corrected chi connectivity index (χ4v) is 2.83. The zero-order valence-corrected chi connectivity index (χ0v) is 9.72. The van der Waals surface area contributed by atoms with Crippen molar-refractivity contribution in [1.29, 1.82) is 0 Å². The van der Waals surface area contributed by atoms with E-state index in [9.17, 15) is 4.79 Å². The minimum atomic E-state index is -1.01. The maximum absolute atomic E-state index is 10.9. The average Bonchev–Trinajstić information content (AvgIpc) is 2.73. The van der Waals surface area contributed by atoms with Crippen LogP contribution in [0.25, 0.3) is 0 Å². The summed E-state index contributed by atoms with van der Waals surface area (Å²) in [6.07, 6.45) is 1.70. The van der Waals surface area contributed by atoms with Crippen LogP contribution in [0, 0.1) is 0 Å². The molecule has 0 atom stereocenters. The number of aromatic nitrogens is 1. The molecule has 0 aliphatic carbocycles. The number of anilines is 1. The summed E-state index contributed by atoms with van der Waals surface area (Å²) in [5.41, 5.74) is 6.19. The third kappa shape index (κ3) is 2.17. The molecule has 0 aliphatic rings. The van der Waals surface area contributed by atoms with Crippen molar-refractivity contribution in [2.45, 2.75) is 9.24 Å². The van der Waals surface area contributed by atoms with E-state index in [1.165, 1.54) is 29.2 Å². The predicted molar refractivity (Wildman–Crippen MR) is 64.1 cm³/mol. The molecule has 3 N–H and O–H groups in total. The standard InChI is InChI=1S/C10H8N2O2S2/c11-8-6(9(13)14)2-1-3-7(8)16-10-12-4-5-15-10/h1-5H,11H2,(H,13,14). The summed E-state index contributed by atoms with van der Waals surface area (Å²) in [6, 6.07) is 4.95. The number of hydrogen-bond donors (Lipinski definition) is 2. The number of carboxylic acid groups (broad SMARTS) is 1. The number of carbonyl (C=O) groups is 1. The van der Waals surface area contributed by atoms with Gasteiger partial charge in [0.15, 0.2) is 4.34 Å². The maximum atomic E-state index is 10.9. The molecule has 0 saturated carbocycles. The normalized spacial score (nSPS) is 10.2. The number of carboxylic acids is 1. The summed E-state index contributed by atoms with van der Waals surface area (Å²) in [4.78, 5) is 15.7. The zero-order chi connectivity index (χ0) is 11.5. The Morgan fingerprint density at radius 2 is 2.31 bits per heavy atom. The van der Waals surface area contributed by atoms with Crippen LogP contribution in [-0.2, 0) is 0 Å². The van der Waals surface area contributed by atoms with Crippen molar-refractivity contribution < 1.29 is 9.90 Å². The Hall–Kier alpha value is -1.53. The molecule has 0 spiro atoms. The van der Waals surface area contributed by atoms with Gasteiger partial charge in [0.2, 0.25) is 0 Å².